The fraction of sp³-hybridized carbons (Fsp3) is 0.294. The van der Waals surface area contributed by atoms with Crippen LogP contribution >= 0.6 is 0 Å². The number of carbonyl (C=O) groups excluding carboxylic acids is 2. The first-order chi connectivity index (χ1) is 20.4. The number of phenols is 1. The van der Waals surface area contributed by atoms with Gasteiger partial charge in [-0.05, 0) is 60.6 Å². The number of anilines is 1. The number of aromatic hydroxyl groups is 1. The Hall–Kier alpha value is -4.56. The molecule has 3 aromatic rings. The summed E-state index contributed by atoms with van der Waals surface area (Å²) in [5, 5.41) is 21.8. The second kappa shape index (κ2) is 11.4. The van der Waals surface area contributed by atoms with Gasteiger partial charge in [0.1, 0.15) is 5.75 Å². The van der Waals surface area contributed by atoms with E-state index in [0.29, 0.717) is 25.9 Å². The number of nitrogens with zero attached hydrogens (tertiary/aromatic N) is 2. The van der Waals surface area contributed by atoms with Gasteiger partial charge >= 0.3 is 0 Å². The third kappa shape index (κ3) is 4.92. The van der Waals surface area contributed by atoms with E-state index in [9.17, 15) is 24.8 Å². The zero-order valence-electron chi connectivity index (χ0n) is 23.3. The maximum atomic E-state index is 13.8. The molecule has 2 amide bonds. The number of ether oxygens (including phenoxy) is 1. The number of amides is 2. The number of allylic oxidation sites excluding steroid dienone is 2. The molecule has 0 radical (unpaired) electrons. The molecule has 8 nitrogen and oxygen atoms in total. The van der Waals surface area contributed by atoms with Gasteiger partial charge in [0.15, 0.2) is 0 Å². The third-order valence-corrected chi connectivity index (χ3v) is 8.82. The molecule has 3 aromatic carbocycles. The molecule has 8 heteroatoms. The zero-order valence-corrected chi connectivity index (χ0v) is 23.3. The van der Waals surface area contributed by atoms with Crippen LogP contribution in [0.25, 0.3) is 11.6 Å². The summed E-state index contributed by atoms with van der Waals surface area (Å²) < 4.78 is 6.37. The minimum Gasteiger partial charge on any atom is -0.507 e. The van der Waals surface area contributed by atoms with Gasteiger partial charge in [-0.15, -0.1) is 0 Å². The Morgan fingerprint density at radius 2 is 1.79 bits per heavy atom. The second-order valence-corrected chi connectivity index (χ2v) is 11.1. The fourth-order valence-corrected chi connectivity index (χ4v) is 6.85. The van der Waals surface area contributed by atoms with Crippen molar-refractivity contribution in [2.24, 2.45) is 17.8 Å². The average Bonchev–Trinajstić information content (AvgIpc) is 3.54. The normalized spacial score (nSPS) is 23.7. The topological polar surface area (TPSA) is 110 Å². The molecule has 1 N–H and O–H groups in total. The van der Waals surface area contributed by atoms with Crippen LogP contribution in [0.4, 0.5) is 11.4 Å². The maximum Gasteiger partial charge on any atom is 0.271 e. The highest BCUT2D eigenvalue weighted by atomic mass is 16.6. The second-order valence-electron chi connectivity index (χ2n) is 11.1. The van der Waals surface area contributed by atoms with Crippen molar-refractivity contribution in [3.05, 3.63) is 111 Å². The number of hydrogen-bond acceptors (Lipinski definition) is 6. The minimum atomic E-state index is -0.544. The summed E-state index contributed by atoms with van der Waals surface area (Å²) in [6.45, 7) is 2.43. The fourth-order valence-electron chi connectivity index (χ4n) is 6.85. The highest BCUT2D eigenvalue weighted by molar-refractivity contribution is 6.22. The van der Waals surface area contributed by atoms with Crippen molar-refractivity contribution in [1.29, 1.82) is 0 Å². The van der Waals surface area contributed by atoms with Crippen LogP contribution in [0.2, 0.25) is 0 Å². The number of rotatable bonds is 8. The Morgan fingerprint density at radius 3 is 2.52 bits per heavy atom. The first kappa shape index (κ1) is 27.6. The lowest BCUT2D eigenvalue weighted by molar-refractivity contribution is -0.384. The lowest BCUT2D eigenvalue weighted by Gasteiger charge is -2.31. The van der Waals surface area contributed by atoms with E-state index in [0.717, 1.165) is 39.2 Å². The van der Waals surface area contributed by atoms with E-state index in [4.69, 9.17) is 4.74 Å². The van der Waals surface area contributed by atoms with Gasteiger partial charge in [-0.25, -0.2) is 4.90 Å². The molecule has 0 aromatic heterocycles. The Kier molecular flexibility index (Phi) is 7.47. The summed E-state index contributed by atoms with van der Waals surface area (Å²) in [5.74, 6) is -1.63. The van der Waals surface area contributed by atoms with Gasteiger partial charge in [-0.2, -0.15) is 0 Å². The van der Waals surface area contributed by atoms with Gasteiger partial charge in [0.25, 0.3) is 5.69 Å². The van der Waals surface area contributed by atoms with Gasteiger partial charge in [0.05, 0.1) is 35.2 Å². The smallest absolute Gasteiger partial charge is 0.271 e. The van der Waals surface area contributed by atoms with Gasteiger partial charge in [0, 0.05) is 23.6 Å². The Labute approximate surface area is 244 Å². The standard InChI is InChI=1S/C34H32N2O6/c1-2-21-18-27-32(34(39)35(33(27)38)25-12-8-13-26(19-25)36(40)41)28-20-42-30(31(21)28)16-15-23(22-9-4-3-5-10-22)17-24-11-6-7-14-29(24)37/h3-14,17,19,27-28,30,32,37H,2,15-16,18,20H2,1H3/b23-17-/t27-,28+,30-,32-/m1/s1. The van der Waals surface area contributed by atoms with Crippen molar-refractivity contribution in [3.63, 3.8) is 0 Å². The van der Waals surface area contributed by atoms with Crippen LogP contribution in [0.1, 0.15) is 43.7 Å². The van der Waals surface area contributed by atoms with E-state index < -0.39 is 16.8 Å². The Balaban J connectivity index is 1.27. The lowest BCUT2D eigenvalue weighted by Crippen LogP contribution is -2.34. The van der Waals surface area contributed by atoms with Crippen molar-refractivity contribution in [2.45, 2.75) is 38.7 Å². The van der Waals surface area contributed by atoms with Gasteiger partial charge in [0.2, 0.25) is 11.8 Å². The van der Waals surface area contributed by atoms with E-state index in [-0.39, 0.29) is 41.0 Å². The Bertz CT molecular complexity index is 1610. The molecule has 2 heterocycles. The van der Waals surface area contributed by atoms with E-state index in [2.05, 4.69) is 19.1 Å². The number of nitro benzene ring substituents is 1. The number of imide groups is 1. The van der Waals surface area contributed by atoms with Gasteiger partial charge < -0.3 is 9.84 Å². The summed E-state index contributed by atoms with van der Waals surface area (Å²) in [6, 6.07) is 23.0. The van der Waals surface area contributed by atoms with Crippen molar-refractivity contribution < 1.29 is 24.4 Å². The molecule has 0 saturated carbocycles. The molecular formula is C34H32N2O6. The first-order valence-electron chi connectivity index (χ1n) is 14.4. The van der Waals surface area contributed by atoms with E-state index in [1.807, 2.05) is 36.4 Å². The molecule has 0 bridgehead atoms. The van der Waals surface area contributed by atoms with Gasteiger partial charge in [-0.1, -0.05) is 67.1 Å². The number of non-ortho nitro benzene ring substituents is 1. The predicted molar refractivity (Wildman–Crippen MR) is 159 cm³/mol. The summed E-state index contributed by atoms with van der Waals surface area (Å²) in [5.41, 5.74) is 5.25. The zero-order chi connectivity index (χ0) is 29.4. The summed E-state index contributed by atoms with van der Waals surface area (Å²) in [6.07, 6.45) is 4.46. The SMILES string of the molecule is CCC1=C2[C@@H](CC/C(=C/c3ccccc3O)c3ccccc3)OC[C@@H]2[C@@H]2C(=O)N(c3cccc([N+](=O)[O-])c3)C(=O)[C@@H]2C1. The number of benzene rings is 3. The molecule has 1 aliphatic carbocycles. The van der Waals surface area contributed by atoms with Crippen LogP contribution in [0.5, 0.6) is 5.75 Å². The minimum absolute atomic E-state index is 0.161. The molecule has 42 heavy (non-hydrogen) atoms. The van der Waals surface area contributed by atoms with E-state index in [1.165, 1.54) is 18.2 Å². The van der Waals surface area contributed by atoms with Crippen molar-refractivity contribution in [3.8, 4) is 5.75 Å². The largest absolute Gasteiger partial charge is 0.507 e. The van der Waals surface area contributed by atoms with Crippen LogP contribution in [0.3, 0.4) is 0 Å². The lowest BCUT2D eigenvalue weighted by atomic mass is 9.69. The van der Waals surface area contributed by atoms with Gasteiger partial charge in [-0.3, -0.25) is 19.7 Å². The molecule has 2 aliphatic heterocycles. The molecule has 0 unspecified atom stereocenters. The van der Waals surface area contributed by atoms with Crippen LogP contribution in [-0.2, 0) is 14.3 Å². The average molecular weight is 565 g/mol. The summed E-state index contributed by atoms with van der Waals surface area (Å²) in [4.78, 5) is 39.3. The number of hydrogen-bond donors (Lipinski definition) is 1. The molecule has 2 fully saturated rings. The van der Waals surface area contributed by atoms with E-state index in [1.54, 1.807) is 18.2 Å². The van der Waals surface area contributed by atoms with Crippen molar-refractivity contribution >= 4 is 34.8 Å². The summed E-state index contributed by atoms with van der Waals surface area (Å²) in [7, 11) is 0. The maximum absolute atomic E-state index is 13.8. The molecule has 2 saturated heterocycles. The van der Waals surface area contributed by atoms with Crippen LogP contribution in [0, 0.1) is 27.9 Å². The molecule has 4 atom stereocenters. The monoisotopic (exact) mass is 564 g/mol. The van der Waals surface area contributed by atoms with Crippen LogP contribution in [-0.4, -0.2) is 34.6 Å². The number of phenolic OH excluding ortho intramolecular Hbond substituents is 1. The quantitative estimate of drug-likeness (QED) is 0.109. The van der Waals surface area contributed by atoms with Crippen molar-refractivity contribution in [1.82, 2.24) is 0 Å². The van der Waals surface area contributed by atoms with Crippen LogP contribution in [0.15, 0.2) is 90.0 Å². The molecule has 0 spiro atoms. The molecule has 214 valence electrons. The first-order valence-corrected chi connectivity index (χ1v) is 14.4. The molecule has 6 rings (SSSR count). The van der Waals surface area contributed by atoms with Crippen LogP contribution < -0.4 is 4.90 Å². The third-order valence-electron chi connectivity index (χ3n) is 8.82. The highest BCUT2D eigenvalue weighted by Crippen LogP contribution is 2.51. The highest BCUT2D eigenvalue weighted by Gasteiger charge is 2.57. The van der Waals surface area contributed by atoms with E-state index >= 15 is 0 Å². The number of carbonyl (C=O) groups is 2. The number of fused-ring (bicyclic) bond motifs is 3. The molecular weight excluding hydrogens is 532 g/mol. The molecule has 3 aliphatic rings. The van der Waals surface area contributed by atoms with Crippen molar-refractivity contribution in [2.75, 3.05) is 11.5 Å². The summed E-state index contributed by atoms with van der Waals surface area (Å²) >= 11 is 0. The predicted octanol–water partition coefficient (Wildman–Crippen LogP) is 6.55. The number of para-hydroxylation sites is 1. The number of nitro groups is 1. The Morgan fingerprint density at radius 1 is 1.02 bits per heavy atom.